The van der Waals surface area contributed by atoms with Crippen molar-refractivity contribution >= 4 is 0 Å². The molecule has 0 radical (unpaired) electrons. The number of nitrogens with zero attached hydrogens (tertiary/aromatic N) is 1. The van der Waals surface area contributed by atoms with E-state index in [1.165, 1.54) is 38.0 Å². The van der Waals surface area contributed by atoms with Gasteiger partial charge in [-0.25, -0.2) is 0 Å². The molecule has 0 bridgehead atoms. The zero-order valence-corrected chi connectivity index (χ0v) is 11.7. The second-order valence-corrected chi connectivity index (χ2v) is 5.37. The summed E-state index contributed by atoms with van der Waals surface area (Å²) in [5.74, 6) is 0.873. The van der Waals surface area contributed by atoms with Crippen LogP contribution in [0.4, 0.5) is 0 Å². The van der Waals surface area contributed by atoms with Crippen LogP contribution in [0.2, 0.25) is 0 Å². The molecule has 0 aliphatic carbocycles. The Bertz CT molecular complexity index is 330. The molecule has 1 aromatic rings. The summed E-state index contributed by atoms with van der Waals surface area (Å²) in [5, 5.41) is 3.45. The number of hydrogen-bond acceptors (Lipinski definition) is 2. The quantitative estimate of drug-likeness (QED) is 0.859. The molecule has 1 N–H and O–H groups in total. The molecule has 2 rings (SSSR count). The molecule has 2 nitrogen and oxygen atoms in total. The maximum absolute atomic E-state index is 3.45. The van der Waals surface area contributed by atoms with Gasteiger partial charge in [0.2, 0.25) is 0 Å². The summed E-state index contributed by atoms with van der Waals surface area (Å²) in [6.45, 7) is 9.39. The van der Waals surface area contributed by atoms with Crippen LogP contribution >= 0.6 is 0 Å². The average molecular weight is 246 g/mol. The van der Waals surface area contributed by atoms with E-state index in [-0.39, 0.29) is 0 Å². The molecule has 18 heavy (non-hydrogen) atoms. The van der Waals surface area contributed by atoms with E-state index >= 15 is 0 Å². The number of nitrogens with one attached hydrogen (secondary N) is 1. The molecule has 1 heterocycles. The Morgan fingerprint density at radius 3 is 2.50 bits per heavy atom. The first-order chi connectivity index (χ1) is 8.81. The smallest absolute Gasteiger partial charge is 0.0319 e. The Morgan fingerprint density at radius 2 is 1.89 bits per heavy atom. The van der Waals surface area contributed by atoms with E-state index in [1.54, 1.807) is 0 Å². The van der Waals surface area contributed by atoms with E-state index in [4.69, 9.17) is 0 Å². The van der Waals surface area contributed by atoms with Gasteiger partial charge in [-0.1, -0.05) is 37.3 Å². The van der Waals surface area contributed by atoms with Crippen molar-refractivity contribution in [3.05, 3.63) is 35.9 Å². The summed E-state index contributed by atoms with van der Waals surface area (Å²) >= 11 is 0. The van der Waals surface area contributed by atoms with E-state index in [0.29, 0.717) is 6.04 Å². The molecular formula is C16H26N2. The van der Waals surface area contributed by atoms with Crippen molar-refractivity contribution in [2.45, 2.75) is 32.7 Å². The highest BCUT2D eigenvalue weighted by Gasteiger charge is 2.20. The Hall–Kier alpha value is -0.860. The Balaban J connectivity index is 1.95. The lowest BCUT2D eigenvalue weighted by Crippen LogP contribution is -2.37. The summed E-state index contributed by atoms with van der Waals surface area (Å²) < 4.78 is 0. The zero-order chi connectivity index (χ0) is 12.8. The van der Waals surface area contributed by atoms with E-state index in [2.05, 4.69) is 54.4 Å². The van der Waals surface area contributed by atoms with Gasteiger partial charge in [-0.15, -0.1) is 0 Å². The van der Waals surface area contributed by atoms with Crippen LogP contribution in [-0.4, -0.2) is 31.1 Å². The summed E-state index contributed by atoms with van der Waals surface area (Å²) in [6.07, 6.45) is 2.66. The SMILES string of the molecule is CCN(CC1CCNCC1)C(C)c1ccccc1. The van der Waals surface area contributed by atoms with E-state index in [0.717, 1.165) is 12.5 Å². The first-order valence-corrected chi connectivity index (χ1v) is 7.31. The van der Waals surface area contributed by atoms with E-state index in [9.17, 15) is 0 Å². The van der Waals surface area contributed by atoms with Crippen LogP contribution in [0.15, 0.2) is 30.3 Å². The van der Waals surface area contributed by atoms with Gasteiger partial charge in [-0.3, -0.25) is 4.90 Å². The second-order valence-electron chi connectivity index (χ2n) is 5.37. The third kappa shape index (κ3) is 3.56. The van der Waals surface area contributed by atoms with Gasteiger partial charge in [0.05, 0.1) is 0 Å². The highest BCUT2D eigenvalue weighted by Crippen LogP contribution is 2.23. The largest absolute Gasteiger partial charge is 0.317 e. The molecule has 0 aromatic heterocycles. The zero-order valence-electron chi connectivity index (χ0n) is 11.7. The molecule has 1 aromatic carbocycles. The third-order valence-corrected chi connectivity index (χ3v) is 4.19. The average Bonchev–Trinajstić information content (AvgIpc) is 2.46. The second kappa shape index (κ2) is 6.91. The van der Waals surface area contributed by atoms with Crippen molar-refractivity contribution in [2.24, 2.45) is 5.92 Å². The van der Waals surface area contributed by atoms with Gasteiger partial charge in [-0.05, 0) is 50.9 Å². The maximum Gasteiger partial charge on any atom is 0.0319 e. The van der Waals surface area contributed by atoms with Crippen LogP contribution < -0.4 is 5.32 Å². The van der Waals surface area contributed by atoms with Crippen molar-refractivity contribution in [1.82, 2.24) is 10.2 Å². The van der Waals surface area contributed by atoms with Crippen LogP contribution in [0.25, 0.3) is 0 Å². The summed E-state index contributed by atoms with van der Waals surface area (Å²) in [4.78, 5) is 2.62. The monoisotopic (exact) mass is 246 g/mol. The number of rotatable bonds is 5. The first kappa shape index (κ1) is 13.6. The number of hydrogen-bond donors (Lipinski definition) is 1. The Kier molecular flexibility index (Phi) is 5.21. The fourth-order valence-electron chi connectivity index (χ4n) is 2.90. The molecule has 1 saturated heterocycles. The minimum atomic E-state index is 0.533. The minimum Gasteiger partial charge on any atom is -0.317 e. The van der Waals surface area contributed by atoms with Crippen molar-refractivity contribution in [3.63, 3.8) is 0 Å². The van der Waals surface area contributed by atoms with Crippen LogP contribution in [0, 0.1) is 5.92 Å². The van der Waals surface area contributed by atoms with E-state index in [1.807, 2.05) is 0 Å². The van der Waals surface area contributed by atoms with Gasteiger partial charge in [0.25, 0.3) is 0 Å². The fourth-order valence-corrected chi connectivity index (χ4v) is 2.90. The van der Waals surface area contributed by atoms with Gasteiger partial charge in [-0.2, -0.15) is 0 Å². The standard InChI is InChI=1S/C16H26N2/c1-3-18(13-15-9-11-17-12-10-15)14(2)16-7-5-4-6-8-16/h4-8,14-15,17H,3,9-13H2,1-2H3. The molecule has 1 fully saturated rings. The summed E-state index contributed by atoms with van der Waals surface area (Å²) in [5.41, 5.74) is 1.44. The predicted molar refractivity (Wildman–Crippen MR) is 77.7 cm³/mol. The highest BCUT2D eigenvalue weighted by molar-refractivity contribution is 5.18. The molecule has 1 unspecified atom stereocenters. The molecular weight excluding hydrogens is 220 g/mol. The normalized spacial score (nSPS) is 19.1. The van der Waals surface area contributed by atoms with Gasteiger partial charge in [0.15, 0.2) is 0 Å². The summed E-state index contributed by atoms with van der Waals surface area (Å²) in [6, 6.07) is 11.4. The fraction of sp³-hybridized carbons (Fsp3) is 0.625. The van der Waals surface area contributed by atoms with Crippen LogP contribution in [0.1, 0.15) is 38.3 Å². The first-order valence-electron chi connectivity index (χ1n) is 7.31. The van der Waals surface area contributed by atoms with Crippen LogP contribution in [0.3, 0.4) is 0 Å². The van der Waals surface area contributed by atoms with Crippen LogP contribution in [0.5, 0.6) is 0 Å². The van der Waals surface area contributed by atoms with Crippen molar-refractivity contribution < 1.29 is 0 Å². The third-order valence-electron chi connectivity index (χ3n) is 4.19. The molecule has 1 atom stereocenters. The highest BCUT2D eigenvalue weighted by atomic mass is 15.1. The predicted octanol–water partition coefficient (Wildman–Crippen LogP) is 3.07. The van der Waals surface area contributed by atoms with Crippen molar-refractivity contribution in [3.8, 4) is 0 Å². The molecule has 0 spiro atoms. The lowest BCUT2D eigenvalue weighted by Gasteiger charge is -2.33. The maximum atomic E-state index is 3.45. The van der Waals surface area contributed by atoms with Gasteiger partial charge in [0.1, 0.15) is 0 Å². The number of benzene rings is 1. The van der Waals surface area contributed by atoms with Gasteiger partial charge >= 0.3 is 0 Å². The summed E-state index contributed by atoms with van der Waals surface area (Å²) in [7, 11) is 0. The van der Waals surface area contributed by atoms with Crippen molar-refractivity contribution in [2.75, 3.05) is 26.2 Å². The van der Waals surface area contributed by atoms with Gasteiger partial charge in [0, 0.05) is 12.6 Å². The lowest BCUT2D eigenvalue weighted by atomic mass is 9.96. The molecule has 1 aliphatic rings. The van der Waals surface area contributed by atoms with Gasteiger partial charge < -0.3 is 5.32 Å². The number of piperidine rings is 1. The molecule has 0 saturated carbocycles. The Morgan fingerprint density at radius 1 is 1.22 bits per heavy atom. The molecule has 100 valence electrons. The molecule has 1 aliphatic heterocycles. The van der Waals surface area contributed by atoms with Crippen LogP contribution in [-0.2, 0) is 0 Å². The lowest BCUT2D eigenvalue weighted by molar-refractivity contribution is 0.169. The van der Waals surface area contributed by atoms with Crippen molar-refractivity contribution in [1.29, 1.82) is 0 Å². The molecule has 2 heteroatoms. The minimum absolute atomic E-state index is 0.533. The van der Waals surface area contributed by atoms with E-state index < -0.39 is 0 Å². The topological polar surface area (TPSA) is 15.3 Å². The molecule has 0 amide bonds. The Labute approximate surface area is 111 Å².